The quantitative estimate of drug-likeness (QED) is 0.240. The van der Waals surface area contributed by atoms with Crippen LogP contribution in [0.5, 0.6) is 0 Å². The second-order valence-electron chi connectivity index (χ2n) is 14.4. The molecule has 0 amide bonds. The Morgan fingerprint density at radius 2 is 1.74 bits per heavy atom. The molecule has 1 N–H and O–H groups in total. The zero-order chi connectivity index (χ0) is 30.5. The Kier molecular flexibility index (Phi) is 16.8. The van der Waals surface area contributed by atoms with Gasteiger partial charge in [-0.25, -0.2) is 4.39 Å². The van der Waals surface area contributed by atoms with Gasteiger partial charge >= 0.3 is 5.97 Å². The van der Waals surface area contributed by atoms with E-state index in [1.54, 1.807) is 6.07 Å². The molecule has 0 bridgehead atoms. The number of carboxylic acids is 1. The van der Waals surface area contributed by atoms with E-state index >= 15 is 0 Å². The van der Waals surface area contributed by atoms with E-state index in [0.717, 1.165) is 69.8 Å². The smallest absolute Gasteiger partial charge is 0.320 e. The molecule has 10 heteroatoms. The van der Waals surface area contributed by atoms with Gasteiger partial charge in [-0.1, -0.05) is 58.1 Å². The molecule has 3 fully saturated rings. The van der Waals surface area contributed by atoms with Gasteiger partial charge in [0, 0.05) is 30.7 Å². The highest BCUT2D eigenvalue weighted by atomic mass is 35.5. The number of rotatable bonds is 12. The van der Waals surface area contributed by atoms with Crippen molar-refractivity contribution >= 4 is 43.2 Å². The van der Waals surface area contributed by atoms with Crippen LogP contribution < -0.4 is 0 Å². The maximum atomic E-state index is 14.3. The third-order valence-corrected chi connectivity index (χ3v) is 10.9. The van der Waals surface area contributed by atoms with Crippen molar-refractivity contribution < 1.29 is 14.3 Å². The van der Waals surface area contributed by atoms with Crippen molar-refractivity contribution in [1.82, 2.24) is 19.6 Å². The molecule has 5 rings (SSSR count). The highest BCUT2D eigenvalue weighted by Gasteiger charge is 2.41. The van der Waals surface area contributed by atoms with E-state index in [1.807, 2.05) is 13.1 Å². The number of nitrogens with zero attached hydrogens (tertiary/aromatic N) is 4. The zero-order valence-corrected chi connectivity index (χ0v) is 30.7. The zero-order valence-electron chi connectivity index (χ0n) is 28.3. The van der Waals surface area contributed by atoms with Crippen LogP contribution in [0.25, 0.3) is 0 Å². The van der Waals surface area contributed by atoms with E-state index in [4.69, 9.17) is 5.10 Å². The molecule has 1 aromatic carbocycles. The molecule has 2 aromatic rings. The number of aryl methyl sites for hydroxylation is 1. The predicted octanol–water partition coefficient (Wildman–Crippen LogP) is 8.60. The van der Waals surface area contributed by atoms with Gasteiger partial charge in [0.2, 0.25) is 0 Å². The molecule has 3 aliphatic rings. The number of carboxylic acid groups (broad SMARTS) is 1. The Labute approximate surface area is 295 Å². The van der Waals surface area contributed by atoms with Crippen LogP contribution >= 0.6 is 37.2 Å². The Balaban J connectivity index is 0.00000245. The highest BCUT2D eigenvalue weighted by molar-refractivity contribution is 5.86. The second-order valence-corrected chi connectivity index (χ2v) is 14.4. The molecule has 262 valence electrons. The van der Waals surface area contributed by atoms with Gasteiger partial charge in [0.05, 0.1) is 5.69 Å². The second kappa shape index (κ2) is 19.0. The fourth-order valence-electron chi connectivity index (χ4n) is 8.52. The first-order chi connectivity index (χ1) is 20.7. The summed E-state index contributed by atoms with van der Waals surface area (Å²) in [6, 6.07) is 9.22. The van der Waals surface area contributed by atoms with E-state index in [0.29, 0.717) is 24.2 Å². The molecular weight excluding hydrogens is 646 g/mol. The molecule has 46 heavy (non-hydrogen) atoms. The van der Waals surface area contributed by atoms with Crippen LogP contribution in [-0.2, 0) is 17.8 Å². The van der Waals surface area contributed by atoms with Crippen molar-refractivity contribution in [2.24, 2.45) is 17.8 Å². The van der Waals surface area contributed by atoms with Crippen LogP contribution in [-0.4, -0.2) is 69.4 Å². The minimum absolute atomic E-state index is 0. The Morgan fingerprint density at radius 3 is 2.35 bits per heavy atom. The molecule has 6 nitrogen and oxygen atoms in total. The Hall–Kier alpha value is -1.38. The molecule has 2 aliphatic carbocycles. The van der Waals surface area contributed by atoms with E-state index in [9.17, 15) is 14.3 Å². The number of aromatic nitrogens is 2. The number of hydrogen-bond acceptors (Lipinski definition) is 4. The van der Waals surface area contributed by atoms with Gasteiger partial charge in [-0.3, -0.25) is 14.4 Å². The van der Waals surface area contributed by atoms with Crippen LogP contribution in [0.15, 0.2) is 30.3 Å². The van der Waals surface area contributed by atoms with Gasteiger partial charge in [0.25, 0.3) is 0 Å². The summed E-state index contributed by atoms with van der Waals surface area (Å²) < 4.78 is 16.6. The van der Waals surface area contributed by atoms with Crippen LogP contribution in [0.3, 0.4) is 0 Å². The molecule has 3 unspecified atom stereocenters. The summed E-state index contributed by atoms with van der Waals surface area (Å²) in [6.07, 6.45) is 12.8. The van der Waals surface area contributed by atoms with Crippen LogP contribution in [0.1, 0.15) is 114 Å². The predicted molar refractivity (Wildman–Crippen MR) is 193 cm³/mol. The minimum Gasteiger partial charge on any atom is -0.480 e. The maximum Gasteiger partial charge on any atom is 0.320 e. The van der Waals surface area contributed by atoms with Crippen LogP contribution in [0, 0.1) is 23.6 Å². The average Bonchev–Trinajstić information content (AvgIpc) is 3.60. The van der Waals surface area contributed by atoms with E-state index in [2.05, 4.69) is 47.4 Å². The normalized spacial score (nSPS) is 23.5. The van der Waals surface area contributed by atoms with E-state index in [1.165, 1.54) is 49.6 Å². The number of likely N-dealkylation sites (N-methyl/N-ethyl adjacent to an activating group) is 1. The van der Waals surface area contributed by atoms with Crippen molar-refractivity contribution in [2.45, 2.75) is 122 Å². The van der Waals surface area contributed by atoms with Gasteiger partial charge in [0.1, 0.15) is 11.9 Å². The molecule has 4 atom stereocenters. The number of hydrogen-bond donors (Lipinski definition) is 1. The summed E-state index contributed by atoms with van der Waals surface area (Å²) in [5.74, 6) is 1.36. The lowest BCUT2D eigenvalue weighted by molar-refractivity contribution is -0.144. The molecular formula is C36H58Cl3FN4O2. The van der Waals surface area contributed by atoms with Crippen molar-refractivity contribution in [2.75, 3.05) is 26.7 Å². The lowest BCUT2D eigenvalue weighted by Crippen LogP contribution is -2.45. The molecule has 2 saturated carbocycles. The number of carbonyl (C=O) groups is 1. The lowest BCUT2D eigenvalue weighted by atomic mass is 9.85. The SMILES string of the molecule is CCn1nc(CC2CCCCC2)cc1C1CCN(CC2CC(N(C)[C@H](CC(C)C)C(=O)O)CC2c2cccc(F)c2)CC1.Cl.Cl.Cl. The fourth-order valence-corrected chi connectivity index (χ4v) is 8.52. The third kappa shape index (κ3) is 10.3. The summed E-state index contributed by atoms with van der Waals surface area (Å²) >= 11 is 0. The highest BCUT2D eigenvalue weighted by Crippen LogP contribution is 2.43. The number of halogens is 4. The largest absolute Gasteiger partial charge is 0.480 e. The van der Waals surface area contributed by atoms with Crippen LogP contribution in [0.4, 0.5) is 4.39 Å². The number of aliphatic carboxylic acids is 1. The first kappa shape index (κ1) is 40.8. The molecule has 0 radical (unpaired) electrons. The first-order valence-electron chi connectivity index (χ1n) is 17.2. The lowest BCUT2D eigenvalue weighted by Gasteiger charge is -2.35. The summed E-state index contributed by atoms with van der Waals surface area (Å²) in [5.41, 5.74) is 3.78. The Morgan fingerprint density at radius 1 is 1.04 bits per heavy atom. The maximum absolute atomic E-state index is 14.3. The Bertz CT molecular complexity index is 1200. The monoisotopic (exact) mass is 702 g/mol. The molecule has 1 aliphatic heterocycles. The van der Waals surface area contributed by atoms with Gasteiger partial charge in [-0.05, 0) is 113 Å². The third-order valence-electron chi connectivity index (χ3n) is 10.9. The molecule has 1 aromatic heterocycles. The van der Waals surface area contributed by atoms with Crippen LogP contribution in [0.2, 0.25) is 0 Å². The van der Waals surface area contributed by atoms with Gasteiger partial charge in [-0.15, -0.1) is 37.2 Å². The molecule has 1 saturated heterocycles. The van der Waals surface area contributed by atoms with E-state index in [-0.39, 0.29) is 55.0 Å². The number of piperidine rings is 1. The summed E-state index contributed by atoms with van der Waals surface area (Å²) in [7, 11) is 1.99. The van der Waals surface area contributed by atoms with Crippen molar-refractivity contribution in [3.05, 3.63) is 53.1 Å². The topological polar surface area (TPSA) is 61.6 Å². The molecule has 2 heterocycles. The number of likely N-dealkylation sites (tertiary alicyclic amines) is 1. The molecule has 0 spiro atoms. The standard InChI is InChI=1S/C36H55FN4O2.3ClH/c1-5-41-34(22-31(38-41)19-26-10-7-6-8-11-26)27-14-16-40(17-15-27)24-29-21-32(39(4)35(36(42)43)18-25(2)3)23-33(29)28-12-9-13-30(37)20-28;;;/h9,12-13,20,22,25-27,29,32-33,35H,5-8,10-11,14-19,21,23-24H2,1-4H3,(H,42,43);3*1H/t29?,32?,33?,35-;;;/m1.../s1. The summed E-state index contributed by atoms with van der Waals surface area (Å²) in [4.78, 5) is 16.9. The average molecular weight is 704 g/mol. The summed E-state index contributed by atoms with van der Waals surface area (Å²) in [6.45, 7) is 10.4. The van der Waals surface area contributed by atoms with Gasteiger partial charge in [-0.2, -0.15) is 5.10 Å². The van der Waals surface area contributed by atoms with Crippen molar-refractivity contribution in [3.63, 3.8) is 0 Å². The first-order valence-corrected chi connectivity index (χ1v) is 17.2. The minimum atomic E-state index is -0.739. The fraction of sp³-hybridized carbons (Fsp3) is 0.722. The number of benzene rings is 1. The van der Waals surface area contributed by atoms with Crippen molar-refractivity contribution in [3.8, 4) is 0 Å². The van der Waals surface area contributed by atoms with Crippen molar-refractivity contribution in [1.29, 1.82) is 0 Å². The van der Waals surface area contributed by atoms with Gasteiger partial charge < -0.3 is 10.0 Å². The van der Waals surface area contributed by atoms with Gasteiger partial charge in [0.15, 0.2) is 0 Å². The summed E-state index contributed by atoms with van der Waals surface area (Å²) in [5, 5.41) is 15.1. The van der Waals surface area contributed by atoms with E-state index < -0.39 is 12.0 Å².